The Hall–Kier alpha value is -3.96. The van der Waals surface area contributed by atoms with Crippen molar-refractivity contribution in [1.29, 1.82) is 5.26 Å². The van der Waals surface area contributed by atoms with Gasteiger partial charge in [0.05, 0.1) is 29.5 Å². The van der Waals surface area contributed by atoms with Crippen LogP contribution >= 0.6 is 11.3 Å². The molecule has 8 heteroatoms. The number of carbonyl (C=O) groups is 1. The van der Waals surface area contributed by atoms with E-state index >= 15 is 0 Å². The van der Waals surface area contributed by atoms with Crippen LogP contribution in [0.2, 0.25) is 0 Å². The molecule has 2 aromatic heterocycles. The SMILES string of the molecule is N#Cc1ccccc1-c1ccc(COC(=O)CCn2nc(-c3cccs3)oc2=O)cc1. The number of rotatable bonds is 7. The number of carbonyl (C=O) groups excluding carboxylic acids is 1. The number of hydrogen-bond donors (Lipinski definition) is 0. The molecule has 0 N–H and O–H groups in total. The molecule has 0 unspecified atom stereocenters. The third kappa shape index (κ3) is 4.79. The molecule has 0 aliphatic rings. The standard InChI is InChI=1S/C23H17N3O4S/c24-14-18-4-1-2-5-19(18)17-9-7-16(8-10-17)15-29-21(27)11-12-26-23(28)30-22(25-26)20-6-3-13-31-20/h1-10,13H,11-12,15H2. The average molecular weight is 431 g/mol. The lowest BCUT2D eigenvalue weighted by atomic mass is 9.99. The third-order valence-electron chi connectivity index (χ3n) is 4.58. The Morgan fingerprint density at radius 1 is 1.13 bits per heavy atom. The molecule has 7 nitrogen and oxygen atoms in total. The Morgan fingerprint density at radius 2 is 1.94 bits per heavy atom. The van der Waals surface area contributed by atoms with Crippen molar-refractivity contribution in [2.45, 2.75) is 19.6 Å². The smallest absolute Gasteiger partial charge is 0.437 e. The van der Waals surface area contributed by atoms with E-state index in [1.54, 1.807) is 12.1 Å². The van der Waals surface area contributed by atoms with Crippen LogP contribution < -0.4 is 5.76 Å². The van der Waals surface area contributed by atoms with Gasteiger partial charge in [-0.1, -0.05) is 48.5 Å². The maximum absolute atomic E-state index is 12.1. The predicted molar refractivity (Wildman–Crippen MR) is 115 cm³/mol. The summed E-state index contributed by atoms with van der Waals surface area (Å²) in [6.45, 7) is 0.198. The van der Waals surface area contributed by atoms with E-state index in [0.717, 1.165) is 26.2 Å². The second-order valence-corrected chi connectivity index (χ2v) is 7.59. The van der Waals surface area contributed by atoms with Gasteiger partial charge in [0.1, 0.15) is 6.61 Å². The molecule has 154 valence electrons. The topological polar surface area (TPSA) is 98.1 Å². The van der Waals surface area contributed by atoms with Gasteiger partial charge in [0, 0.05) is 0 Å². The molecule has 0 fully saturated rings. The summed E-state index contributed by atoms with van der Waals surface area (Å²) < 4.78 is 11.5. The Balaban J connectivity index is 1.31. The summed E-state index contributed by atoms with van der Waals surface area (Å²) in [5.74, 6) is -0.803. The van der Waals surface area contributed by atoms with Crippen molar-refractivity contribution in [3.63, 3.8) is 0 Å². The monoisotopic (exact) mass is 431 g/mol. The molecule has 31 heavy (non-hydrogen) atoms. The van der Waals surface area contributed by atoms with E-state index in [4.69, 9.17) is 9.15 Å². The van der Waals surface area contributed by atoms with Crippen LogP contribution in [0, 0.1) is 11.3 Å². The van der Waals surface area contributed by atoms with E-state index in [2.05, 4.69) is 11.2 Å². The van der Waals surface area contributed by atoms with Crippen molar-refractivity contribution >= 4 is 17.3 Å². The molecule has 0 aliphatic carbocycles. The number of esters is 1. The van der Waals surface area contributed by atoms with Crippen molar-refractivity contribution in [2.24, 2.45) is 0 Å². The molecule has 0 amide bonds. The molecule has 0 atom stereocenters. The highest BCUT2D eigenvalue weighted by Crippen LogP contribution is 2.24. The fourth-order valence-electron chi connectivity index (χ4n) is 2.99. The highest BCUT2D eigenvalue weighted by molar-refractivity contribution is 7.13. The number of hydrogen-bond acceptors (Lipinski definition) is 7. The number of nitriles is 1. The van der Waals surface area contributed by atoms with Gasteiger partial charge in [-0.3, -0.25) is 4.79 Å². The fraction of sp³-hybridized carbons (Fsp3) is 0.130. The quantitative estimate of drug-likeness (QED) is 0.406. The van der Waals surface area contributed by atoms with Crippen molar-refractivity contribution in [2.75, 3.05) is 0 Å². The average Bonchev–Trinajstić information content (AvgIpc) is 3.46. The zero-order valence-corrected chi connectivity index (χ0v) is 17.2. The van der Waals surface area contributed by atoms with Crippen LogP contribution in [-0.2, 0) is 22.7 Å². The lowest BCUT2D eigenvalue weighted by Gasteiger charge is -2.07. The summed E-state index contributed by atoms with van der Waals surface area (Å²) in [4.78, 5) is 24.7. The number of aryl methyl sites for hydroxylation is 1. The summed E-state index contributed by atoms with van der Waals surface area (Å²) in [5.41, 5.74) is 3.20. The summed E-state index contributed by atoms with van der Waals surface area (Å²) in [6.07, 6.45) is 0.00392. The van der Waals surface area contributed by atoms with E-state index in [0.29, 0.717) is 5.56 Å². The van der Waals surface area contributed by atoms with Crippen LogP contribution in [0.1, 0.15) is 17.5 Å². The first kappa shape index (κ1) is 20.3. The molecule has 0 bridgehead atoms. The van der Waals surface area contributed by atoms with Gasteiger partial charge in [0.25, 0.3) is 5.89 Å². The first-order valence-electron chi connectivity index (χ1n) is 9.50. The van der Waals surface area contributed by atoms with Gasteiger partial charge in [-0.2, -0.15) is 9.94 Å². The predicted octanol–water partition coefficient (Wildman–Crippen LogP) is 4.24. The fourth-order valence-corrected chi connectivity index (χ4v) is 3.64. The van der Waals surface area contributed by atoms with Crippen LogP contribution in [0.15, 0.2) is 75.3 Å². The first-order chi connectivity index (χ1) is 15.1. The molecular formula is C23H17N3O4S. The summed E-state index contributed by atoms with van der Waals surface area (Å²) >= 11 is 1.41. The number of benzene rings is 2. The third-order valence-corrected chi connectivity index (χ3v) is 5.44. The first-order valence-corrected chi connectivity index (χ1v) is 10.4. The number of aromatic nitrogens is 2. The van der Waals surface area contributed by atoms with Crippen LogP contribution in [0.4, 0.5) is 0 Å². The second kappa shape index (κ2) is 9.24. The maximum atomic E-state index is 12.1. The summed E-state index contributed by atoms with van der Waals surface area (Å²) in [6, 6.07) is 20.7. The molecule has 0 aliphatic heterocycles. The van der Waals surface area contributed by atoms with Gasteiger partial charge >= 0.3 is 11.7 Å². The zero-order valence-electron chi connectivity index (χ0n) is 16.4. The minimum Gasteiger partial charge on any atom is -0.461 e. The lowest BCUT2D eigenvalue weighted by molar-refractivity contribution is -0.145. The molecular weight excluding hydrogens is 414 g/mol. The van der Waals surface area contributed by atoms with Crippen LogP contribution in [0.25, 0.3) is 21.9 Å². The molecule has 4 rings (SSSR count). The maximum Gasteiger partial charge on any atom is 0.437 e. The molecule has 0 spiro atoms. The summed E-state index contributed by atoms with van der Waals surface area (Å²) in [7, 11) is 0. The molecule has 0 saturated heterocycles. The van der Waals surface area contributed by atoms with Gasteiger partial charge in [-0.15, -0.1) is 16.4 Å². The van der Waals surface area contributed by atoms with Crippen molar-refractivity contribution < 1.29 is 13.9 Å². The Kier molecular flexibility index (Phi) is 6.05. The zero-order chi connectivity index (χ0) is 21.6. The van der Waals surface area contributed by atoms with Gasteiger partial charge in [-0.05, 0) is 34.2 Å². The van der Waals surface area contributed by atoms with E-state index in [1.165, 1.54) is 11.3 Å². The van der Waals surface area contributed by atoms with E-state index in [-0.39, 0.29) is 25.5 Å². The van der Waals surface area contributed by atoms with Gasteiger partial charge in [-0.25, -0.2) is 4.79 Å². The number of thiophene rings is 1. The molecule has 2 heterocycles. The van der Waals surface area contributed by atoms with Crippen LogP contribution in [0.5, 0.6) is 0 Å². The Morgan fingerprint density at radius 3 is 2.68 bits per heavy atom. The minimum absolute atomic E-state index is 0.00392. The van der Waals surface area contributed by atoms with E-state index < -0.39 is 11.7 Å². The van der Waals surface area contributed by atoms with Crippen LogP contribution in [0.3, 0.4) is 0 Å². The van der Waals surface area contributed by atoms with Gasteiger partial charge in [0.15, 0.2) is 0 Å². The molecule has 0 saturated carbocycles. The number of ether oxygens (including phenoxy) is 1. The molecule has 0 radical (unpaired) electrons. The van der Waals surface area contributed by atoms with Gasteiger partial charge < -0.3 is 9.15 Å². The Bertz CT molecular complexity index is 1280. The largest absolute Gasteiger partial charge is 0.461 e. The summed E-state index contributed by atoms with van der Waals surface area (Å²) in [5, 5.41) is 15.2. The minimum atomic E-state index is -0.607. The lowest BCUT2D eigenvalue weighted by Crippen LogP contribution is -2.18. The van der Waals surface area contributed by atoms with Gasteiger partial charge in [0.2, 0.25) is 0 Å². The van der Waals surface area contributed by atoms with Crippen LogP contribution in [-0.4, -0.2) is 15.7 Å². The van der Waals surface area contributed by atoms with Crippen molar-refractivity contribution in [1.82, 2.24) is 9.78 Å². The van der Waals surface area contributed by atoms with E-state index in [9.17, 15) is 14.9 Å². The Labute approximate surface area is 181 Å². The van der Waals surface area contributed by atoms with E-state index in [1.807, 2.05) is 53.9 Å². The highest BCUT2D eigenvalue weighted by atomic mass is 32.1. The molecule has 4 aromatic rings. The molecule has 2 aromatic carbocycles. The van der Waals surface area contributed by atoms with Crippen molar-refractivity contribution in [3.05, 3.63) is 87.7 Å². The number of nitrogens with zero attached hydrogens (tertiary/aromatic N) is 3. The van der Waals surface area contributed by atoms with Crippen molar-refractivity contribution in [3.8, 4) is 28.0 Å². The highest BCUT2D eigenvalue weighted by Gasteiger charge is 2.13. The second-order valence-electron chi connectivity index (χ2n) is 6.64. The normalized spacial score (nSPS) is 10.5.